The van der Waals surface area contributed by atoms with Crippen LogP contribution in [0.25, 0.3) is 0 Å². The second-order valence-corrected chi connectivity index (χ2v) is 4.13. The maximum Gasteiger partial charge on any atom is 0.307 e. The zero-order valence-corrected chi connectivity index (χ0v) is 10.6. The third-order valence-electron chi connectivity index (χ3n) is 2.10. The molecule has 1 aromatic heterocycles. The first-order chi connectivity index (χ1) is 8.68. The molecule has 0 saturated carbocycles. The monoisotopic (exact) mass is 282 g/mol. The van der Waals surface area contributed by atoms with Crippen LogP contribution in [-0.4, -0.2) is 12.1 Å². The number of hydrogen-bond donors (Lipinski definition) is 1. The summed E-state index contributed by atoms with van der Waals surface area (Å²) >= 11 is 11.9. The summed E-state index contributed by atoms with van der Waals surface area (Å²) in [6, 6.07) is 8.24. The molecule has 0 radical (unpaired) electrons. The van der Waals surface area contributed by atoms with Gasteiger partial charge < -0.3 is 4.42 Å². The van der Waals surface area contributed by atoms with Crippen molar-refractivity contribution in [1.82, 2.24) is 5.43 Å². The molecule has 2 rings (SSSR count). The normalized spacial score (nSPS) is 10.8. The van der Waals surface area contributed by atoms with Gasteiger partial charge in [-0.1, -0.05) is 29.3 Å². The highest BCUT2D eigenvalue weighted by Gasteiger charge is 2.06. The third kappa shape index (κ3) is 2.91. The lowest BCUT2D eigenvalue weighted by Crippen LogP contribution is -2.16. The highest BCUT2D eigenvalue weighted by atomic mass is 35.5. The summed E-state index contributed by atoms with van der Waals surface area (Å²) < 4.78 is 4.91. The van der Waals surface area contributed by atoms with Crippen molar-refractivity contribution in [3.8, 4) is 0 Å². The van der Waals surface area contributed by atoms with Gasteiger partial charge in [0.25, 0.3) is 0 Å². The topological polar surface area (TPSA) is 54.6 Å². The number of furan rings is 1. The minimum atomic E-state index is -0.445. The molecule has 0 spiro atoms. The molecule has 18 heavy (non-hydrogen) atoms. The molecule has 1 N–H and O–H groups in total. The maximum absolute atomic E-state index is 11.5. The first-order valence-electron chi connectivity index (χ1n) is 4.99. The highest BCUT2D eigenvalue weighted by molar-refractivity contribution is 6.38. The van der Waals surface area contributed by atoms with Crippen molar-refractivity contribution < 1.29 is 9.21 Å². The SMILES string of the molecule is O=C(N/N=C\c1c(Cl)cccc1Cl)c1ccco1. The molecule has 1 amide bonds. The predicted octanol–water partition coefficient (Wildman–Crippen LogP) is 3.35. The molecule has 0 aliphatic heterocycles. The van der Waals surface area contributed by atoms with E-state index in [0.717, 1.165) is 0 Å². The van der Waals surface area contributed by atoms with Crippen LogP contribution in [0, 0.1) is 0 Å². The zero-order chi connectivity index (χ0) is 13.0. The number of hydrazone groups is 1. The van der Waals surface area contributed by atoms with Crippen LogP contribution in [0.3, 0.4) is 0 Å². The van der Waals surface area contributed by atoms with Crippen LogP contribution in [0.4, 0.5) is 0 Å². The van der Waals surface area contributed by atoms with Crippen LogP contribution >= 0.6 is 23.2 Å². The quantitative estimate of drug-likeness (QED) is 0.693. The summed E-state index contributed by atoms with van der Waals surface area (Å²) in [4.78, 5) is 11.5. The van der Waals surface area contributed by atoms with Crippen molar-refractivity contribution in [2.24, 2.45) is 5.10 Å². The van der Waals surface area contributed by atoms with E-state index in [-0.39, 0.29) is 5.76 Å². The van der Waals surface area contributed by atoms with Crippen molar-refractivity contribution in [3.63, 3.8) is 0 Å². The Morgan fingerprint density at radius 2 is 1.94 bits per heavy atom. The van der Waals surface area contributed by atoms with Crippen molar-refractivity contribution in [1.29, 1.82) is 0 Å². The first kappa shape index (κ1) is 12.7. The van der Waals surface area contributed by atoms with Crippen molar-refractivity contribution in [3.05, 3.63) is 58.0 Å². The molecular formula is C12H8Cl2N2O2. The van der Waals surface area contributed by atoms with Gasteiger partial charge in [-0.25, -0.2) is 5.43 Å². The van der Waals surface area contributed by atoms with E-state index in [9.17, 15) is 4.79 Å². The Bertz CT molecular complexity index is 560. The average molecular weight is 283 g/mol. The number of carbonyl (C=O) groups excluding carboxylic acids is 1. The molecule has 2 aromatic rings. The fourth-order valence-electron chi connectivity index (χ4n) is 1.25. The van der Waals surface area contributed by atoms with Crippen LogP contribution < -0.4 is 5.43 Å². The molecule has 1 aromatic carbocycles. The van der Waals surface area contributed by atoms with E-state index in [1.807, 2.05) is 0 Å². The van der Waals surface area contributed by atoms with E-state index >= 15 is 0 Å². The second-order valence-electron chi connectivity index (χ2n) is 3.31. The molecule has 0 fully saturated rings. The van der Waals surface area contributed by atoms with E-state index in [2.05, 4.69) is 10.5 Å². The number of carbonyl (C=O) groups is 1. The van der Waals surface area contributed by atoms with E-state index < -0.39 is 5.91 Å². The Balaban J connectivity index is 2.06. The molecule has 1 heterocycles. The molecule has 4 nitrogen and oxygen atoms in total. The summed E-state index contributed by atoms with van der Waals surface area (Å²) in [6.45, 7) is 0. The van der Waals surface area contributed by atoms with Crippen LogP contribution in [-0.2, 0) is 0 Å². The third-order valence-corrected chi connectivity index (χ3v) is 2.76. The van der Waals surface area contributed by atoms with Gasteiger partial charge in [0.15, 0.2) is 5.76 Å². The van der Waals surface area contributed by atoms with Gasteiger partial charge in [0.05, 0.1) is 22.5 Å². The van der Waals surface area contributed by atoms with Crippen molar-refractivity contribution in [2.45, 2.75) is 0 Å². The molecule has 6 heteroatoms. The summed E-state index contributed by atoms with van der Waals surface area (Å²) in [5.41, 5.74) is 2.85. The molecule has 0 saturated heterocycles. The fourth-order valence-corrected chi connectivity index (χ4v) is 1.75. The lowest BCUT2D eigenvalue weighted by atomic mass is 10.2. The van der Waals surface area contributed by atoms with Crippen LogP contribution in [0.2, 0.25) is 10.0 Å². The number of halogens is 2. The number of nitrogens with one attached hydrogen (secondary N) is 1. The minimum Gasteiger partial charge on any atom is -0.459 e. The van der Waals surface area contributed by atoms with Gasteiger partial charge in [-0.3, -0.25) is 4.79 Å². The molecule has 0 aliphatic carbocycles. The second kappa shape index (κ2) is 5.71. The van der Waals surface area contributed by atoms with Gasteiger partial charge in [0.2, 0.25) is 0 Å². The van der Waals surface area contributed by atoms with Gasteiger partial charge in [0, 0.05) is 5.56 Å². The number of nitrogens with zero attached hydrogens (tertiary/aromatic N) is 1. The molecule has 0 bridgehead atoms. The molecule has 0 atom stereocenters. The van der Waals surface area contributed by atoms with Gasteiger partial charge in [0.1, 0.15) is 0 Å². The standard InChI is InChI=1S/C12H8Cl2N2O2/c13-9-3-1-4-10(14)8(9)7-15-16-12(17)11-5-2-6-18-11/h1-7H,(H,16,17)/b15-7-. The molecule has 0 unspecified atom stereocenters. The number of hydrogen-bond acceptors (Lipinski definition) is 3. The Hall–Kier alpha value is -1.78. The summed E-state index contributed by atoms with van der Waals surface area (Å²) in [7, 11) is 0. The Morgan fingerprint density at radius 1 is 1.22 bits per heavy atom. The van der Waals surface area contributed by atoms with Crippen LogP contribution in [0.1, 0.15) is 16.1 Å². The van der Waals surface area contributed by atoms with Gasteiger partial charge in [-0.05, 0) is 24.3 Å². The Kier molecular flexibility index (Phi) is 4.02. The lowest BCUT2D eigenvalue weighted by molar-refractivity contribution is 0.0927. The summed E-state index contributed by atoms with van der Waals surface area (Å²) in [6.07, 6.45) is 2.79. The van der Waals surface area contributed by atoms with Crippen molar-refractivity contribution >= 4 is 35.3 Å². The minimum absolute atomic E-state index is 0.178. The lowest BCUT2D eigenvalue weighted by Gasteiger charge is -2.00. The Morgan fingerprint density at radius 3 is 2.56 bits per heavy atom. The largest absolute Gasteiger partial charge is 0.459 e. The number of rotatable bonds is 3. The van der Waals surface area contributed by atoms with E-state index in [1.54, 1.807) is 24.3 Å². The van der Waals surface area contributed by atoms with E-state index in [4.69, 9.17) is 27.6 Å². The predicted molar refractivity (Wildman–Crippen MR) is 70.2 cm³/mol. The average Bonchev–Trinajstić information content (AvgIpc) is 2.86. The number of benzene rings is 1. The zero-order valence-electron chi connectivity index (χ0n) is 9.06. The summed E-state index contributed by atoms with van der Waals surface area (Å²) in [5, 5.41) is 4.68. The fraction of sp³-hybridized carbons (Fsp3) is 0. The first-order valence-corrected chi connectivity index (χ1v) is 5.75. The van der Waals surface area contributed by atoms with Gasteiger partial charge in [-0.15, -0.1) is 0 Å². The molecule has 92 valence electrons. The van der Waals surface area contributed by atoms with Crippen molar-refractivity contribution in [2.75, 3.05) is 0 Å². The van der Waals surface area contributed by atoms with Crippen LogP contribution in [0.15, 0.2) is 46.1 Å². The van der Waals surface area contributed by atoms with Gasteiger partial charge >= 0.3 is 5.91 Å². The van der Waals surface area contributed by atoms with Gasteiger partial charge in [-0.2, -0.15) is 5.10 Å². The maximum atomic E-state index is 11.5. The van der Waals surface area contributed by atoms with E-state index in [0.29, 0.717) is 15.6 Å². The van der Waals surface area contributed by atoms with E-state index in [1.165, 1.54) is 18.5 Å². The van der Waals surface area contributed by atoms with Crippen LogP contribution in [0.5, 0.6) is 0 Å². The molecule has 0 aliphatic rings. The molecular weight excluding hydrogens is 275 g/mol. The highest BCUT2D eigenvalue weighted by Crippen LogP contribution is 2.21. The Labute approximate surface area is 113 Å². The number of amides is 1. The smallest absolute Gasteiger partial charge is 0.307 e. The summed E-state index contributed by atoms with van der Waals surface area (Å²) in [5.74, 6) is -0.267.